The Kier molecular flexibility index (Phi) is 6.72. The van der Waals surface area contributed by atoms with Crippen molar-refractivity contribution in [3.63, 3.8) is 0 Å². The van der Waals surface area contributed by atoms with Gasteiger partial charge in [0.15, 0.2) is 0 Å². The van der Waals surface area contributed by atoms with Gasteiger partial charge >= 0.3 is 6.09 Å². The van der Waals surface area contributed by atoms with E-state index in [1.54, 1.807) is 31.6 Å². The maximum atomic E-state index is 11.7. The molecule has 1 aliphatic rings. The van der Waals surface area contributed by atoms with Crippen molar-refractivity contribution in [1.82, 2.24) is 19.9 Å². The van der Waals surface area contributed by atoms with Crippen molar-refractivity contribution in [2.75, 3.05) is 36.1 Å². The molecule has 0 bridgehead atoms. The molecule has 38 heavy (non-hydrogen) atoms. The van der Waals surface area contributed by atoms with Crippen LogP contribution >= 0.6 is 0 Å². The van der Waals surface area contributed by atoms with Crippen LogP contribution in [0.4, 0.5) is 27.8 Å². The minimum atomic E-state index is -0.915. The molecule has 3 heterocycles. The summed E-state index contributed by atoms with van der Waals surface area (Å²) in [6.45, 7) is 4.35. The third-order valence-corrected chi connectivity index (χ3v) is 6.07. The van der Waals surface area contributed by atoms with Gasteiger partial charge in [-0.1, -0.05) is 24.8 Å². The van der Waals surface area contributed by atoms with Crippen LogP contribution in [0.5, 0.6) is 5.75 Å². The highest BCUT2D eigenvalue weighted by atomic mass is 16.5. The topological polar surface area (TPSA) is 142 Å². The number of carboxylic acid groups (broad SMARTS) is 1. The van der Waals surface area contributed by atoms with Gasteiger partial charge in [-0.2, -0.15) is 0 Å². The van der Waals surface area contributed by atoms with Gasteiger partial charge in [0.05, 0.1) is 30.0 Å². The second kappa shape index (κ2) is 10.4. The van der Waals surface area contributed by atoms with E-state index in [2.05, 4.69) is 32.5 Å². The predicted octanol–water partition coefficient (Wildman–Crippen LogP) is 4.34. The largest absolute Gasteiger partial charge is 0.494 e. The van der Waals surface area contributed by atoms with Crippen LogP contribution in [0.25, 0.3) is 22.2 Å². The molecule has 0 atom stereocenters. The minimum Gasteiger partial charge on any atom is -0.494 e. The number of carbonyl (C=O) groups excluding carboxylic acids is 1. The van der Waals surface area contributed by atoms with E-state index in [1.807, 2.05) is 36.4 Å². The summed E-state index contributed by atoms with van der Waals surface area (Å²) in [7, 11) is 1.57. The van der Waals surface area contributed by atoms with E-state index in [1.165, 1.54) is 11.0 Å². The fourth-order valence-electron chi connectivity index (χ4n) is 4.14. The minimum absolute atomic E-state index is 0.0501. The number of rotatable bonds is 8. The SMILES string of the molecule is C=CC(=O)Nc1ccnc(-c2cccc3cnc(Nc4ccc(NC5CN(C(=O)O)C5)cc4OC)nc23)c1. The van der Waals surface area contributed by atoms with Crippen molar-refractivity contribution in [2.24, 2.45) is 0 Å². The van der Waals surface area contributed by atoms with Gasteiger partial charge in [-0.3, -0.25) is 9.78 Å². The van der Waals surface area contributed by atoms with Crippen LogP contribution < -0.4 is 20.7 Å². The van der Waals surface area contributed by atoms with E-state index in [9.17, 15) is 9.59 Å². The predicted molar refractivity (Wildman–Crippen MR) is 145 cm³/mol. The highest BCUT2D eigenvalue weighted by Gasteiger charge is 2.30. The second-order valence-electron chi connectivity index (χ2n) is 8.63. The molecule has 4 aromatic rings. The molecule has 2 amide bonds. The van der Waals surface area contributed by atoms with E-state index in [0.717, 1.165) is 16.6 Å². The zero-order chi connectivity index (χ0) is 26.6. The zero-order valence-corrected chi connectivity index (χ0v) is 20.5. The summed E-state index contributed by atoms with van der Waals surface area (Å²) in [5.41, 5.74) is 4.20. The van der Waals surface area contributed by atoms with Crippen molar-refractivity contribution in [3.8, 4) is 17.0 Å². The lowest BCUT2D eigenvalue weighted by atomic mass is 10.1. The number of methoxy groups -OCH3 is 1. The molecule has 1 aliphatic heterocycles. The molecule has 0 aliphatic carbocycles. The van der Waals surface area contributed by atoms with E-state index >= 15 is 0 Å². The molecule has 0 saturated carbocycles. The lowest BCUT2D eigenvalue weighted by Crippen LogP contribution is -2.56. The normalized spacial score (nSPS) is 12.9. The van der Waals surface area contributed by atoms with Gasteiger partial charge in [0, 0.05) is 53.9 Å². The second-order valence-corrected chi connectivity index (χ2v) is 8.63. The van der Waals surface area contributed by atoms with Crippen LogP contribution in [0.15, 0.2) is 73.6 Å². The van der Waals surface area contributed by atoms with E-state index in [-0.39, 0.29) is 11.9 Å². The number of fused-ring (bicyclic) bond motifs is 1. The molecule has 5 rings (SSSR count). The van der Waals surface area contributed by atoms with Crippen LogP contribution in [0, 0.1) is 0 Å². The monoisotopic (exact) mass is 511 g/mol. The molecular weight excluding hydrogens is 486 g/mol. The Labute approximate surface area is 218 Å². The number of carbonyl (C=O) groups is 2. The van der Waals surface area contributed by atoms with Crippen molar-refractivity contribution >= 4 is 45.9 Å². The summed E-state index contributed by atoms with van der Waals surface area (Å²) in [4.78, 5) is 37.7. The summed E-state index contributed by atoms with van der Waals surface area (Å²) in [6, 6.07) is 14.8. The van der Waals surface area contributed by atoms with E-state index < -0.39 is 6.09 Å². The average Bonchev–Trinajstić information content (AvgIpc) is 2.90. The molecule has 4 N–H and O–H groups in total. The number of amides is 2. The Bertz CT molecular complexity index is 1540. The molecule has 11 nitrogen and oxygen atoms in total. The Balaban J connectivity index is 1.39. The fourth-order valence-corrected chi connectivity index (χ4v) is 4.14. The van der Waals surface area contributed by atoms with Gasteiger partial charge in [0.1, 0.15) is 5.75 Å². The number of ether oxygens (including phenoxy) is 1. The Morgan fingerprint density at radius 3 is 2.74 bits per heavy atom. The van der Waals surface area contributed by atoms with Crippen LogP contribution in [0.2, 0.25) is 0 Å². The number of likely N-dealkylation sites (tertiary alicyclic amines) is 1. The molecule has 11 heteroatoms. The summed E-state index contributed by atoms with van der Waals surface area (Å²) < 4.78 is 5.57. The van der Waals surface area contributed by atoms with Gasteiger partial charge in [-0.25, -0.2) is 14.8 Å². The third kappa shape index (κ3) is 5.16. The molecule has 1 saturated heterocycles. The van der Waals surface area contributed by atoms with Gasteiger partial charge in [-0.15, -0.1) is 0 Å². The molecule has 192 valence electrons. The number of para-hydroxylation sites is 1. The van der Waals surface area contributed by atoms with Crippen LogP contribution in [0.3, 0.4) is 0 Å². The van der Waals surface area contributed by atoms with Gasteiger partial charge < -0.3 is 30.7 Å². The zero-order valence-electron chi connectivity index (χ0n) is 20.5. The molecule has 1 fully saturated rings. The molecular formula is C27H25N7O4. The lowest BCUT2D eigenvalue weighted by Gasteiger charge is -2.38. The molecule has 0 spiro atoms. The summed E-state index contributed by atoms with van der Waals surface area (Å²) in [5.74, 6) is 0.642. The van der Waals surface area contributed by atoms with Crippen LogP contribution in [-0.4, -0.2) is 63.2 Å². The third-order valence-electron chi connectivity index (χ3n) is 6.07. The first-order valence-corrected chi connectivity index (χ1v) is 11.8. The maximum absolute atomic E-state index is 11.7. The Morgan fingerprint density at radius 1 is 1.13 bits per heavy atom. The fraction of sp³-hybridized carbons (Fsp3) is 0.148. The van der Waals surface area contributed by atoms with E-state index in [4.69, 9.17) is 14.8 Å². The highest BCUT2D eigenvalue weighted by Crippen LogP contribution is 2.32. The maximum Gasteiger partial charge on any atom is 0.407 e. The number of benzene rings is 2. The Hall–Kier alpha value is -5.19. The number of hydrogen-bond donors (Lipinski definition) is 4. The van der Waals surface area contributed by atoms with Crippen LogP contribution in [0.1, 0.15) is 0 Å². The Morgan fingerprint density at radius 2 is 1.97 bits per heavy atom. The number of anilines is 4. The van der Waals surface area contributed by atoms with Gasteiger partial charge in [-0.05, 0) is 30.3 Å². The quantitative estimate of drug-likeness (QED) is 0.254. The number of nitrogens with one attached hydrogen (secondary N) is 3. The molecule has 2 aromatic carbocycles. The standard InChI is InChI=1S/C27H25N7O4/c1-3-24(35)31-18-9-10-28-22(11-18)20-6-4-5-16-13-29-26(33-25(16)20)32-21-8-7-17(12-23(21)38-2)30-19-14-34(15-19)27(36)37/h3-13,19,30H,1,14-15H2,2H3,(H,36,37)(H,28,31,35)(H,29,32,33). The first-order valence-electron chi connectivity index (χ1n) is 11.8. The van der Waals surface area contributed by atoms with Gasteiger partial charge in [0.25, 0.3) is 0 Å². The first kappa shape index (κ1) is 24.5. The number of nitrogens with zero attached hydrogens (tertiary/aromatic N) is 4. The van der Waals surface area contributed by atoms with Crippen molar-refractivity contribution in [1.29, 1.82) is 0 Å². The van der Waals surface area contributed by atoms with Crippen molar-refractivity contribution in [2.45, 2.75) is 6.04 Å². The summed E-state index contributed by atoms with van der Waals surface area (Å²) in [6.07, 6.45) is 3.64. The molecule has 0 unspecified atom stereocenters. The smallest absolute Gasteiger partial charge is 0.407 e. The van der Waals surface area contributed by atoms with Crippen LogP contribution in [-0.2, 0) is 4.79 Å². The summed E-state index contributed by atoms with van der Waals surface area (Å²) in [5, 5.41) is 19.1. The number of aromatic nitrogens is 3. The average molecular weight is 512 g/mol. The van der Waals surface area contributed by atoms with Crippen molar-refractivity contribution in [3.05, 3.63) is 73.6 Å². The number of hydrogen-bond acceptors (Lipinski definition) is 8. The van der Waals surface area contributed by atoms with Gasteiger partial charge in [0.2, 0.25) is 11.9 Å². The summed E-state index contributed by atoms with van der Waals surface area (Å²) >= 11 is 0. The number of pyridine rings is 1. The van der Waals surface area contributed by atoms with Crippen molar-refractivity contribution < 1.29 is 19.4 Å². The first-order chi connectivity index (χ1) is 18.4. The van der Waals surface area contributed by atoms with E-state index in [0.29, 0.717) is 47.4 Å². The highest BCUT2D eigenvalue weighted by molar-refractivity contribution is 5.99. The molecule has 0 radical (unpaired) electrons. The lowest BCUT2D eigenvalue weighted by molar-refractivity contribution is -0.111. The molecule has 2 aromatic heterocycles.